The SMILES string of the molecule is NS(=O)(=O)c1cc(=O)[nH]c(OC(F)(F)F)c1[N+](=O)[O-]. The third kappa shape index (κ3) is 3.65. The number of hydrogen-bond donors (Lipinski definition) is 2. The minimum absolute atomic E-state index is 0.177. The van der Waals surface area contributed by atoms with Crippen molar-refractivity contribution in [2.45, 2.75) is 11.3 Å². The summed E-state index contributed by atoms with van der Waals surface area (Å²) in [6.45, 7) is 0. The molecule has 13 heteroatoms. The lowest BCUT2D eigenvalue weighted by atomic mass is 10.4. The molecule has 1 aromatic rings. The fraction of sp³-hybridized carbons (Fsp3) is 0.167. The van der Waals surface area contributed by atoms with Crippen LogP contribution in [-0.4, -0.2) is 24.7 Å². The molecule has 0 saturated carbocycles. The van der Waals surface area contributed by atoms with E-state index in [0.29, 0.717) is 0 Å². The summed E-state index contributed by atoms with van der Waals surface area (Å²) in [4.78, 5) is 20.1. The number of nitrogens with two attached hydrogens (primary N) is 1. The summed E-state index contributed by atoms with van der Waals surface area (Å²) in [5.41, 5.74) is -2.98. The van der Waals surface area contributed by atoms with E-state index in [0.717, 1.165) is 0 Å². The Balaban J connectivity index is 3.69. The number of rotatable bonds is 3. The van der Waals surface area contributed by atoms with Crippen LogP contribution in [0.4, 0.5) is 18.9 Å². The van der Waals surface area contributed by atoms with Crippen molar-refractivity contribution < 1.29 is 31.2 Å². The lowest BCUT2D eigenvalue weighted by molar-refractivity contribution is -0.392. The second-order valence-electron chi connectivity index (χ2n) is 3.03. The number of nitrogens with zero attached hydrogens (tertiary/aromatic N) is 1. The van der Waals surface area contributed by atoms with E-state index in [4.69, 9.17) is 0 Å². The smallest absolute Gasteiger partial charge is 0.382 e. The first kappa shape index (κ1) is 14.9. The van der Waals surface area contributed by atoms with Crippen molar-refractivity contribution in [1.82, 2.24) is 4.98 Å². The van der Waals surface area contributed by atoms with Crippen molar-refractivity contribution in [2.24, 2.45) is 5.14 Å². The molecule has 0 saturated heterocycles. The van der Waals surface area contributed by atoms with Crippen LogP contribution in [0.1, 0.15) is 0 Å². The van der Waals surface area contributed by atoms with Gasteiger partial charge in [-0.05, 0) is 0 Å². The molecule has 9 nitrogen and oxygen atoms in total. The van der Waals surface area contributed by atoms with Gasteiger partial charge in [0.1, 0.15) is 0 Å². The number of hydrogen-bond acceptors (Lipinski definition) is 6. The second-order valence-corrected chi connectivity index (χ2v) is 4.56. The summed E-state index contributed by atoms with van der Waals surface area (Å²) in [5.74, 6) is -1.67. The number of ether oxygens (including phenoxy) is 1. The van der Waals surface area contributed by atoms with Gasteiger partial charge in [0.05, 0.1) is 4.92 Å². The lowest BCUT2D eigenvalue weighted by Gasteiger charge is -2.09. The summed E-state index contributed by atoms with van der Waals surface area (Å²) in [7, 11) is -4.79. The molecule has 0 bridgehead atoms. The van der Waals surface area contributed by atoms with Gasteiger partial charge in [0.15, 0.2) is 4.90 Å². The molecule has 1 heterocycles. The number of pyridine rings is 1. The first-order valence-electron chi connectivity index (χ1n) is 4.12. The molecule has 0 spiro atoms. The van der Waals surface area contributed by atoms with Crippen LogP contribution in [0.25, 0.3) is 0 Å². The minimum Gasteiger partial charge on any atom is -0.382 e. The van der Waals surface area contributed by atoms with E-state index in [1.165, 1.54) is 4.98 Å². The van der Waals surface area contributed by atoms with Crippen molar-refractivity contribution in [3.05, 3.63) is 26.5 Å². The molecule has 0 aliphatic heterocycles. The highest BCUT2D eigenvalue weighted by Gasteiger charge is 2.38. The van der Waals surface area contributed by atoms with E-state index >= 15 is 0 Å². The molecular weight excluding hydrogens is 299 g/mol. The van der Waals surface area contributed by atoms with Crippen LogP contribution >= 0.6 is 0 Å². The Labute approximate surface area is 102 Å². The first-order valence-corrected chi connectivity index (χ1v) is 5.66. The van der Waals surface area contributed by atoms with Crippen molar-refractivity contribution in [3.63, 3.8) is 0 Å². The van der Waals surface area contributed by atoms with Crippen LogP contribution < -0.4 is 15.4 Å². The number of aromatic nitrogens is 1. The third-order valence-corrected chi connectivity index (χ3v) is 2.58. The first-order chi connectivity index (χ1) is 8.42. The van der Waals surface area contributed by atoms with Crippen LogP contribution in [0.5, 0.6) is 5.88 Å². The quantitative estimate of drug-likeness (QED) is 0.585. The van der Waals surface area contributed by atoms with Crippen LogP contribution in [0.3, 0.4) is 0 Å². The van der Waals surface area contributed by atoms with Gasteiger partial charge < -0.3 is 4.74 Å². The molecule has 1 aromatic heterocycles. The Kier molecular flexibility index (Phi) is 3.54. The number of aromatic amines is 1. The number of sulfonamides is 1. The van der Waals surface area contributed by atoms with E-state index in [9.17, 15) is 36.5 Å². The van der Waals surface area contributed by atoms with Crippen molar-refractivity contribution in [2.75, 3.05) is 0 Å². The van der Waals surface area contributed by atoms with Crippen molar-refractivity contribution in [3.8, 4) is 5.88 Å². The minimum atomic E-state index is -5.37. The monoisotopic (exact) mass is 303 g/mol. The fourth-order valence-electron chi connectivity index (χ4n) is 1.09. The standard InChI is InChI=1S/C6H4F3N3O6S/c7-6(8,9)18-5-4(12(14)15)2(19(10,16)17)1-3(13)11-5/h1H,(H,11,13)(H2,10,16,17). The summed E-state index contributed by atoms with van der Waals surface area (Å²) in [6.07, 6.45) is -5.37. The van der Waals surface area contributed by atoms with Gasteiger partial charge in [-0.2, -0.15) is 0 Å². The lowest BCUT2D eigenvalue weighted by Crippen LogP contribution is -2.24. The zero-order valence-electron chi connectivity index (χ0n) is 8.59. The van der Waals surface area contributed by atoms with E-state index in [1.54, 1.807) is 0 Å². The van der Waals surface area contributed by atoms with Gasteiger partial charge in [-0.3, -0.25) is 19.9 Å². The summed E-state index contributed by atoms with van der Waals surface area (Å²) < 4.78 is 61.2. The number of halogens is 3. The van der Waals surface area contributed by atoms with E-state index in [1.807, 2.05) is 0 Å². The predicted molar refractivity (Wildman–Crippen MR) is 51.8 cm³/mol. The van der Waals surface area contributed by atoms with Gasteiger partial charge in [0, 0.05) is 6.07 Å². The van der Waals surface area contributed by atoms with E-state index in [-0.39, 0.29) is 6.07 Å². The molecule has 0 amide bonds. The maximum atomic E-state index is 12.0. The summed E-state index contributed by atoms with van der Waals surface area (Å²) >= 11 is 0. The van der Waals surface area contributed by atoms with Gasteiger partial charge in [0.25, 0.3) is 11.4 Å². The highest BCUT2D eigenvalue weighted by molar-refractivity contribution is 7.89. The largest absolute Gasteiger partial charge is 0.574 e. The van der Waals surface area contributed by atoms with E-state index < -0.39 is 43.3 Å². The molecule has 0 aliphatic carbocycles. The molecule has 3 N–H and O–H groups in total. The molecule has 0 aliphatic rings. The summed E-state index contributed by atoms with van der Waals surface area (Å²) in [5, 5.41) is 15.2. The Morgan fingerprint density at radius 2 is 1.95 bits per heavy atom. The van der Waals surface area contributed by atoms with Gasteiger partial charge >= 0.3 is 12.0 Å². The Morgan fingerprint density at radius 3 is 2.32 bits per heavy atom. The van der Waals surface area contributed by atoms with Gasteiger partial charge in [0.2, 0.25) is 10.0 Å². The Bertz CT molecular complexity index is 678. The predicted octanol–water partition coefficient (Wildman–Crippen LogP) is -0.171. The summed E-state index contributed by atoms with van der Waals surface area (Å²) in [6, 6.07) is 0.177. The molecule has 0 fully saturated rings. The van der Waals surface area contributed by atoms with Crippen LogP contribution in [-0.2, 0) is 10.0 Å². The third-order valence-electron chi connectivity index (χ3n) is 1.65. The number of alkyl halides is 3. The van der Waals surface area contributed by atoms with Crippen LogP contribution in [0.2, 0.25) is 0 Å². The topological polar surface area (TPSA) is 145 Å². The zero-order chi connectivity index (χ0) is 15.0. The molecule has 1 rings (SSSR count). The van der Waals surface area contributed by atoms with Crippen LogP contribution in [0.15, 0.2) is 15.8 Å². The normalized spacial score (nSPS) is 12.2. The van der Waals surface area contributed by atoms with E-state index in [2.05, 4.69) is 9.88 Å². The Hall–Kier alpha value is -2.15. The van der Waals surface area contributed by atoms with Gasteiger partial charge in [-0.15, -0.1) is 13.2 Å². The number of nitrogens with one attached hydrogen (secondary N) is 1. The molecule has 106 valence electrons. The number of primary sulfonamides is 1. The Morgan fingerprint density at radius 1 is 1.42 bits per heavy atom. The van der Waals surface area contributed by atoms with Gasteiger partial charge in [-0.25, -0.2) is 13.6 Å². The maximum absolute atomic E-state index is 12.0. The average molecular weight is 303 g/mol. The zero-order valence-corrected chi connectivity index (χ0v) is 9.41. The number of nitro groups is 1. The van der Waals surface area contributed by atoms with Crippen LogP contribution in [0, 0.1) is 10.1 Å². The molecule has 0 atom stereocenters. The highest BCUT2D eigenvalue weighted by atomic mass is 32.2. The highest BCUT2D eigenvalue weighted by Crippen LogP contribution is 2.33. The molecule has 0 aromatic carbocycles. The second kappa shape index (κ2) is 4.51. The van der Waals surface area contributed by atoms with Crippen molar-refractivity contribution in [1.29, 1.82) is 0 Å². The molecule has 0 radical (unpaired) electrons. The molecule has 19 heavy (non-hydrogen) atoms. The average Bonchev–Trinajstić information content (AvgIpc) is 2.11. The number of H-pyrrole nitrogens is 1. The molecule has 0 unspecified atom stereocenters. The van der Waals surface area contributed by atoms with Gasteiger partial charge in [-0.1, -0.05) is 0 Å². The van der Waals surface area contributed by atoms with Crippen molar-refractivity contribution >= 4 is 15.7 Å². The maximum Gasteiger partial charge on any atom is 0.574 e. The molecular formula is C6H4F3N3O6S. The fourth-order valence-corrected chi connectivity index (χ4v) is 1.79.